The normalized spacial score (nSPS) is 10.4. The summed E-state index contributed by atoms with van der Waals surface area (Å²) >= 11 is 2.04. The van der Waals surface area contributed by atoms with E-state index < -0.39 is 0 Å². The molecule has 0 saturated carbocycles. The molecule has 0 aliphatic rings. The largest absolute Gasteiger partial charge is 0.665 e. The van der Waals surface area contributed by atoms with Gasteiger partial charge in [0.2, 0.25) is 0 Å². The van der Waals surface area contributed by atoms with Crippen LogP contribution >= 0.6 is 0 Å². The summed E-state index contributed by atoms with van der Waals surface area (Å²) in [7, 11) is 0. The molecule has 2 heteroatoms. The van der Waals surface area contributed by atoms with Crippen LogP contribution in [0.5, 0.6) is 0 Å². The minimum atomic E-state index is 0.214. The molecular formula is C16H20MoN-. The van der Waals surface area contributed by atoms with E-state index in [4.69, 9.17) is 0 Å². The van der Waals surface area contributed by atoms with E-state index in [0.29, 0.717) is 0 Å². The summed E-state index contributed by atoms with van der Waals surface area (Å²) in [6.07, 6.45) is 0. The zero-order valence-electron chi connectivity index (χ0n) is 11.5. The third-order valence-corrected chi connectivity index (χ3v) is 4.18. The molecule has 2 aromatic rings. The molecule has 0 radical (unpaired) electrons. The standard InChI is InChI=1S/C10H12.C6H8N.Mo/c1-10(2,3)9-7-5-4-6-8-9;1-5-3-4-6(2)7-5;/h1,4-8H,2-3H3;3-4H,1-2H3;/q;-1;. The molecule has 2 rings (SSSR count). The van der Waals surface area contributed by atoms with Crippen molar-refractivity contribution in [2.45, 2.75) is 33.1 Å². The summed E-state index contributed by atoms with van der Waals surface area (Å²) in [5.74, 6) is 0. The van der Waals surface area contributed by atoms with Crippen LogP contribution in [0, 0.1) is 13.8 Å². The smallest absolute Gasteiger partial charge is 0.0607 e. The van der Waals surface area contributed by atoms with Crippen molar-refractivity contribution in [3.05, 3.63) is 59.4 Å². The summed E-state index contributed by atoms with van der Waals surface area (Å²) in [6.45, 7) is 8.44. The number of rotatable bonds is 2. The van der Waals surface area contributed by atoms with Crippen molar-refractivity contribution in [3.63, 3.8) is 0 Å². The van der Waals surface area contributed by atoms with Crippen LogP contribution in [-0.4, -0.2) is 4.40 Å². The Labute approximate surface area is 121 Å². The van der Waals surface area contributed by atoms with Crippen molar-refractivity contribution in [3.8, 4) is 0 Å². The average Bonchev–Trinajstić information content (AvgIpc) is 2.75. The fourth-order valence-electron chi connectivity index (χ4n) is 1.53. The predicted octanol–water partition coefficient (Wildman–Crippen LogP) is 3.57. The van der Waals surface area contributed by atoms with Gasteiger partial charge in [-0.05, 0) is 0 Å². The van der Waals surface area contributed by atoms with Crippen LogP contribution < -0.4 is 4.98 Å². The first-order valence-corrected chi connectivity index (χ1v) is 7.20. The molecule has 0 bridgehead atoms. The Bertz CT molecular complexity index is 466. The molecule has 0 spiro atoms. The van der Waals surface area contributed by atoms with Gasteiger partial charge < -0.3 is 4.98 Å². The molecule has 0 aliphatic carbocycles. The summed E-state index contributed by atoms with van der Waals surface area (Å²) in [6, 6.07) is 14.6. The maximum Gasteiger partial charge on any atom is -0.0607 e. The van der Waals surface area contributed by atoms with Gasteiger partial charge in [0, 0.05) is 0 Å². The van der Waals surface area contributed by atoms with Crippen LogP contribution in [0.1, 0.15) is 30.8 Å². The maximum absolute atomic E-state index is 4.11. The quantitative estimate of drug-likeness (QED) is 0.771. The van der Waals surface area contributed by atoms with Gasteiger partial charge in [0.15, 0.2) is 0 Å². The third-order valence-electron chi connectivity index (χ3n) is 2.73. The number of hydrogen-bond donors (Lipinski definition) is 0. The van der Waals surface area contributed by atoms with E-state index in [1.54, 1.807) is 0 Å². The molecule has 0 aliphatic heterocycles. The van der Waals surface area contributed by atoms with Crippen LogP contribution in [0.3, 0.4) is 0 Å². The first kappa shape index (κ1) is 15.1. The Balaban J connectivity index is 0.000000199. The van der Waals surface area contributed by atoms with Crippen LogP contribution in [0.2, 0.25) is 0 Å². The first-order valence-electron chi connectivity index (χ1n) is 6.04. The summed E-state index contributed by atoms with van der Waals surface area (Å²) in [5.41, 5.74) is 3.81. The fourth-order valence-corrected chi connectivity index (χ4v) is 1.86. The van der Waals surface area contributed by atoms with Crippen LogP contribution in [0.15, 0.2) is 42.5 Å². The Kier molecular flexibility index (Phi) is 5.75. The Morgan fingerprint density at radius 3 is 1.78 bits per heavy atom. The SMILES string of the molecule is CC(C)([CH]=[Mo])c1ccccc1.Cc1ccc(C)[n-]1. The number of aromatic nitrogens is 1. The molecule has 18 heavy (non-hydrogen) atoms. The number of nitrogens with zero attached hydrogens (tertiary/aromatic N) is 1. The van der Waals surface area contributed by atoms with Gasteiger partial charge in [-0.3, -0.25) is 0 Å². The molecule has 0 N–H and O–H groups in total. The predicted molar refractivity (Wildman–Crippen MR) is 74.8 cm³/mol. The monoisotopic (exact) mass is 324 g/mol. The topological polar surface area (TPSA) is 14.1 Å². The third kappa shape index (κ3) is 4.74. The molecular weight excluding hydrogens is 302 g/mol. The second-order valence-electron chi connectivity index (χ2n) is 4.93. The van der Waals surface area contributed by atoms with Gasteiger partial charge in [0.25, 0.3) is 0 Å². The second kappa shape index (κ2) is 6.85. The second-order valence-corrected chi connectivity index (χ2v) is 5.51. The van der Waals surface area contributed by atoms with E-state index >= 15 is 0 Å². The van der Waals surface area contributed by atoms with Gasteiger partial charge in [-0.1, -0.05) is 26.0 Å². The van der Waals surface area contributed by atoms with Gasteiger partial charge >= 0.3 is 78.9 Å². The number of benzene rings is 1. The van der Waals surface area contributed by atoms with Crippen molar-refractivity contribution in [2.75, 3.05) is 0 Å². The van der Waals surface area contributed by atoms with E-state index in [1.165, 1.54) is 5.56 Å². The molecule has 0 atom stereocenters. The molecule has 1 aromatic heterocycles. The van der Waals surface area contributed by atoms with Gasteiger partial charge in [-0.25, -0.2) is 0 Å². The molecule has 0 fully saturated rings. The van der Waals surface area contributed by atoms with Gasteiger partial charge in [0.05, 0.1) is 0 Å². The van der Waals surface area contributed by atoms with Gasteiger partial charge in [-0.2, -0.15) is 11.4 Å². The van der Waals surface area contributed by atoms with Crippen molar-refractivity contribution < 1.29 is 19.4 Å². The van der Waals surface area contributed by atoms with Crippen molar-refractivity contribution in [2.24, 2.45) is 0 Å². The molecule has 1 aromatic carbocycles. The van der Waals surface area contributed by atoms with Crippen LogP contribution in [0.4, 0.5) is 0 Å². The molecule has 0 amide bonds. The summed E-state index contributed by atoms with van der Waals surface area (Å²) in [5, 5.41) is 0. The Morgan fingerprint density at radius 2 is 1.44 bits per heavy atom. The van der Waals surface area contributed by atoms with Crippen molar-refractivity contribution in [1.82, 2.24) is 4.98 Å². The minimum Gasteiger partial charge on any atom is -0.665 e. The van der Waals surface area contributed by atoms with Crippen molar-refractivity contribution >= 4 is 4.40 Å². The van der Waals surface area contributed by atoms with E-state index in [9.17, 15) is 0 Å². The molecule has 1 nitrogen and oxygen atoms in total. The van der Waals surface area contributed by atoms with E-state index in [-0.39, 0.29) is 5.41 Å². The zero-order valence-corrected chi connectivity index (χ0v) is 13.5. The summed E-state index contributed by atoms with van der Waals surface area (Å²) in [4.78, 5) is 4.11. The number of aryl methyl sites for hydroxylation is 2. The van der Waals surface area contributed by atoms with Gasteiger partial charge in [-0.15, -0.1) is 0 Å². The Hall–Kier alpha value is -0.942. The molecule has 0 unspecified atom stereocenters. The zero-order chi connectivity index (χ0) is 13.6. The summed E-state index contributed by atoms with van der Waals surface area (Å²) < 4.78 is 2.23. The van der Waals surface area contributed by atoms with Crippen LogP contribution in [-0.2, 0) is 24.8 Å². The first-order chi connectivity index (χ1) is 8.45. The fraction of sp³-hybridized carbons (Fsp3) is 0.312. The average molecular weight is 322 g/mol. The van der Waals surface area contributed by atoms with Crippen molar-refractivity contribution in [1.29, 1.82) is 0 Å². The van der Waals surface area contributed by atoms with E-state index in [0.717, 1.165) is 11.4 Å². The van der Waals surface area contributed by atoms with E-state index in [2.05, 4.69) is 53.6 Å². The van der Waals surface area contributed by atoms with E-state index in [1.807, 2.05) is 45.3 Å². The van der Waals surface area contributed by atoms with Crippen LogP contribution in [0.25, 0.3) is 0 Å². The molecule has 0 saturated heterocycles. The Morgan fingerprint density at radius 1 is 0.944 bits per heavy atom. The molecule has 96 valence electrons. The van der Waals surface area contributed by atoms with Gasteiger partial charge in [0.1, 0.15) is 0 Å². The molecule has 1 heterocycles. The maximum atomic E-state index is 4.11. The minimum absolute atomic E-state index is 0.214. The number of hydrogen-bond acceptors (Lipinski definition) is 0.